The van der Waals surface area contributed by atoms with Crippen LogP contribution in [0.4, 0.5) is 0 Å². The maximum Gasteiger partial charge on any atom is 0.161 e. The predicted octanol–water partition coefficient (Wildman–Crippen LogP) is 14.6. The molecule has 0 aliphatic heterocycles. The fourth-order valence-corrected chi connectivity index (χ4v) is 9.29. The van der Waals surface area contributed by atoms with Crippen molar-refractivity contribution in [3.05, 3.63) is 205 Å². The molecule has 0 atom stereocenters. The Hall–Kier alpha value is -7.16. The van der Waals surface area contributed by atoms with E-state index in [1.54, 1.807) is 0 Å². The van der Waals surface area contributed by atoms with Crippen LogP contribution < -0.4 is 0 Å². The van der Waals surface area contributed by atoms with E-state index in [1.165, 1.54) is 71.4 Å². The molecule has 1 aliphatic rings. The first-order valence-corrected chi connectivity index (χ1v) is 19.7. The summed E-state index contributed by atoms with van der Waals surface area (Å²) in [6, 6.07) is 70.1. The van der Waals surface area contributed by atoms with Gasteiger partial charge in [0, 0.05) is 22.1 Å². The molecule has 0 spiro atoms. The first kappa shape index (κ1) is 33.2. The smallest absolute Gasteiger partial charge is 0.161 e. The van der Waals surface area contributed by atoms with Crippen molar-refractivity contribution in [1.29, 1.82) is 0 Å². The molecule has 0 bridgehead atoms. The van der Waals surface area contributed by atoms with E-state index < -0.39 is 0 Å². The van der Waals surface area contributed by atoms with E-state index in [0.29, 0.717) is 5.82 Å². The number of rotatable bonds is 5. The minimum absolute atomic E-state index is 0.121. The third-order valence-corrected chi connectivity index (χ3v) is 12.1. The number of aromatic nitrogens is 2. The van der Waals surface area contributed by atoms with Crippen molar-refractivity contribution >= 4 is 32.3 Å². The van der Waals surface area contributed by atoms with E-state index in [2.05, 4.69) is 202 Å². The van der Waals surface area contributed by atoms with E-state index in [9.17, 15) is 0 Å². The van der Waals surface area contributed by atoms with Gasteiger partial charge in [-0.3, -0.25) is 0 Å². The van der Waals surface area contributed by atoms with Gasteiger partial charge in [-0.25, -0.2) is 9.97 Å². The van der Waals surface area contributed by atoms with Gasteiger partial charge < -0.3 is 0 Å². The largest absolute Gasteiger partial charge is 0.228 e. The highest BCUT2D eigenvalue weighted by Crippen LogP contribution is 2.54. The Morgan fingerprint density at radius 1 is 0.351 bits per heavy atom. The van der Waals surface area contributed by atoms with Crippen LogP contribution in [0.5, 0.6) is 0 Å². The van der Waals surface area contributed by atoms with Crippen LogP contribution in [0, 0.1) is 0 Å². The maximum absolute atomic E-state index is 5.26. The van der Waals surface area contributed by atoms with Gasteiger partial charge in [-0.15, -0.1) is 0 Å². The molecule has 0 unspecified atom stereocenters. The average Bonchev–Trinajstić information content (AvgIpc) is 3.52. The Morgan fingerprint density at radius 3 is 1.68 bits per heavy atom. The lowest BCUT2D eigenvalue weighted by Gasteiger charge is -2.24. The van der Waals surface area contributed by atoms with Gasteiger partial charge in [-0.2, -0.15) is 0 Å². The van der Waals surface area contributed by atoms with Crippen LogP contribution in [-0.4, -0.2) is 9.97 Å². The number of fused-ring (bicyclic) bond motifs is 7. The average molecular weight is 727 g/mol. The molecule has 1 heterocycles. The van der Waals surface area contributed by atoms with Crippen LogP contribution >= 0.6 is 0 Å². The third kappa shape index (κ3) is 5.40. The molecule has 57 heavy (non-hydrogen) atoms. The van der Waals surface area contributed by atoms with Crippen LogP contribution in [-0.2, 0) is 5.41 Å². The Morgan fingerprint density at radius 2 is 0.912 bits per heavy atom. The number of benzene rings is 9. The summed E-state index contributed by atoms with van der Waals surface area (Å²) in [5.41, 5.74) is 15.2. The predicted molar refractivity (Wildman–Crippen MR) is 239 cm³/mol. The summed E-state index contributed by atoms with van der Waals surface area (Å²) in [4.78, 5) is 10.5. The molecule has 0 radical (unpaired) electrons. The molecule has 0 amide bonds. The highest BCUT2D eigenvalue weighted by atomic mass is 14.9. The Balaban J connectivity index is 1.01. The van der Waals surface area contributed by atoms with Crippen LogP contribution in [0.15, 0.2) is 194 Å². The molecule has 1 aromatic heterocycles. The standard InChI is InChI=1S/C55H38N2/c1-55(2)49-32-29-36-14-8-9-18-43(36)52(49)48-22-12-21-44(53(48)55)38-26-24-37(25-27-38)42-30-31-47(46-20-11-10-19-45(42)46)54-56-50(39-15-4-3-5-16-39)34-51(57-54)41-28-23-35-13-6-7-17-40(35)33-41/h3-34H,1-2H3. The van der Waals surface area contributed by atoms with Gasteiger partial charge in [-0.05, 0) is 95.0 Å². The SMILES string of the molecule is CC1(C)c2ccc3ccccc3c2-c2cccc(-c3ccc(-c4ccc(-c5nc(-c6ccccc6)cc(-c6ccc7ccccc7c6)n5)c5ccccc45)cc3)c21. The first-order valence-electron chi connectivity index (χ1n) is 19.7. The summed E-state index contributed by atoms with van der Waals surface area (Å²) in [5, 5.41) is 7.32. The van der Waals surface area contributed by atoms with E-state index in [4.69, 9.17) is 9.97 Å². The van der Waals surface area contributed by atoms with E-state index >= 15 is 0 Å². The summed E-state index contributed by atoms with van der Waals surface area (Å²) in [5.74, 6) is 0.715. The lowest BCUT2D eigenvalue weighted by Crippen LogP contribution is -2.16. The molecule has 0 N–H and O–H groups in total. The van der Waals surface area contributed by atoms with Crippen molar-refractivity contribution in [2.75, 3.05) is 0 Å². The lowest BCUT2D eigenvalue weighted by molar-refractivity contribution is 0.662. The van der Waals surface area contributed by atoms with E-state index in [0.717, 1.165) is 33.5 Å². The molecular formula is C55H38N2. The summed E-state index contributed by atoms with van der Waals surface area (Å²) >= 11 is 0. The summed E-state index contributed by atoms with van der Waals surface area (Å²) in [6.45, 7) is 4.75. The summed E-state index contributed by atoms with van der Waals surface area (Å²) in [6.07, 6.45) is 0. The highest BCUT2D eigenvalue weighted by molar-refractivity contribution is 6.06. The van der Waals surface area contributed by atoms with Crippen LogP contribution in [0.3, 0.4) is 0 Å². The zero-order valence-corrected chi connectivity index (χ0v) is 31.9. The van der Waals surface area contributed by atoms with Crippen molar-refractivity contribution in [3.63, 3.8) is 0 Å². The van der Waals surface area contributed by atoms with Gasteiger partial charge in [0.05, 0.1) is 11.4 Å². The fraction of sp³-hybridized carbons (Fsp3) is 0.0545. The molecule has 9 aromatic carbocycles. The van der Waals surface area contributed by atoms with Gasteiger partial charge in [-0.1, -0.05) is 190 Å². The van der Waals surface area contributed by atoms with Gasteiger partial charge in [0.25, 0.3) is 0 Å². The topological polar surface area (TPSA) is 25.8 Å². The molecule has 1 aliphatic carbocycles. The normalized spacial score (nSPS) is 12.9. The summed E-state index contributed by atoms with van der Waals surface area (Å²) in [7, 11) is 0. The Labute approximate surface area is 332 Å². The second-order valence-electron chi connectivity index (χ2n) is 15.7. The zero-order valence-electron chi connectivity index (χ0n) is 31.9. The fourth-order valence-electron chi connectivity index (χ4n) is 9.29. The second kappa shape index (κ2) is 13.0. The van der Waals surface area contributed by atoms with Gasteiger partial charge in [0.15, 0.2) is 5.82 Å². The minimum atomic E-state index is -0.121. The monoisotopic (exact) mass is 726 g/mol. The first-order chi connectivity index (χ1) is 28.0. The molecule has 2 heteroatoms. The third-order valence-electron chi connectivity index (χ3n) is 12.1. The molecule has 0 saturated carbocycles. The molecule has 2 nitrogen and oxygen atoms in total. The highest BCUT2D eigenvalue weighted by Gasteiger charge is 2.38. The van der Waals surface area contributed by atoms with Crippen LogP contribution in [0.25, 0.3) is 99.6 Å². The molecule has 268 valence electrons. The second-order valence-corrected chi connectivity index (χ2v) is 15.7. The van der Waals surface area contributed by atoms with E-state index in [1.807, 2.05) is 6.07 Å². The summed E-state index contributed by atoms with van der Waals surface area (Å²) < 4.78 is 0. The van der Waals surface area contributed by atoms with Gasteiger partial charge >= 0.3 is 0 Å². The number of nitrogens with zero attached hydrogens (tertiary/aromatic N) is 2. The van der Waals surface area contributed by atoms with Crippen molar-refractivity contribution in [1.82, 2.24) is 9.97 Å². The van der Waals surface area contributed by atoms with Crippen molar-refractivity contribution in [3.8, 4) is 67.3 Å². The molecular weight excluding hydrogens is 689 g/mol. The van der Waals surface area contributed by atoms with Crippen molar-refractivity contribution in [2.45, 2.75) is 19.3 Å². The van der Waals surface area contributed by atoms with Crippen LogP contribution in [0.1, 0.15) is 25.0 Å². The zero-order chi connectivity index (χ0) is 38.1. The maximum atomic E-state index is 5.26. The molecule has 0 saturated heterocycles. The quantitative estimate of drug-likeness (QED) is 0.176. The van der Waals surface area contributed by atoms with Crippen LogP contribution in [0.2, 0.25) is 0 Å². The molecule has 0 fully saturated rings. The van der Waals surface area contributed by atoms with E-state index in [-0.39, 0.29) is 5.41 Å². The minimum Gasteiger partial charge on any atom is -0.228 e. The number of hydrogen-bond donors (Lipinski definition) is 0. The Kier molecular flexibility index (Phi) is 7.55. The van der Waals surface area contributed by atoms with Gasteiger partial charge in [0.1, 0.15) is 0 Å². The van der Waals surface area contributed by atoms with Gasteiger partial charge in [0.2, 0.25) is 0 Å². The molecule has 10 aromatic rings. The lowest BCUT2D eigenvalue weighted by atomic mass is 9.78. The number of hydrogen-bond acceptors (Lipinski definition) is 2. The van der Waals surface area contributed by atoms with Crippen molar-refractivity contribution in [2.24, 2.45) is 0 Å². The molecule has 11 rings (SSSR count). The Bertz CT molecular complexity index is 3190. The van der Waals surface area contributed by atoms with Crippen molar-refractivity contribution < 1.29 is 0 Å².